The average molecular weight is 567 g/mol. The summed E-state index contributed by atoms with van der Waals surface area (Å²) in [6.07, 6.45) is -5.47. The zero-order chi connectivity index (χ0) is 29.4. The zero-order valence-electron chi connectivity index (χ0n) is 21.2. The Kier molecular flexibility index (Phi) is 10.8. The Labute approximate surface area is 227 Å². The van der Waals surface area contributed by atoms with Gasteiger partial charge in [-0.05, 0) is 29.8 Å². The highest BCUT2D eigenvalue weighted by atomic mass is 16.8. The number of rotatable bonds is 10. The van der Waals surface area contributed by atoms with Crippen LogP contribution in [0.5, 0.6) is 5.75 Å². The number of benzene rings is 1. The largest absolute Gasteiger partial charge is 0.508 e. The first kappa shape index (κ1) is 30.7. The monoisotopic (exact) mass is 566 g/mol. The number of hydrogen-bond acceptors (Lipinski definition) is 13. The number of carboxylic acids is 1. The molecule has 3 rings (SSSR count). The molecule has 1 aromatic carbocycles. The molecular weight excluding hydrogens is 536 g/mol. The third-order valence-corrected chi connectivity index (χ3v) is 6.17. The summed E-state index contributed by atoms with van der Waals surface area (Å²) in [4.78, 5) is 36.2. The molecule has 0 spiro atoms. The van der Waals surface area contributed by atoms with E-state index in [1.807, 2.05) is 0 Å². The summed E-state index contributed by atoms with van der Waals surface area (Å²) >= 11 is 0. The van der Waals surface area contributed by atoms with Gasteiger partial charge in [0.05, 0.1) is 32.0 Å². The number of methoxy groups -OCH3 is 1. The Morgan fingerprint density at radius 3 is 2.38 bits per heavy atom. The van der Waals surface area contributed by atoms with Crippen LogP contribution < -0.4 is 0 Å². The van der Waals surface area contributed by atoms with Gasteiger partial charge in [0.15, 0.2) is 6.29 Å². The molecule has 0 radical (unpaired) electrons. The summed E-state index contributed by atoms with van der Waals surface area (Å²) in [5, 5.41) is 58.9. The minimum absolute atomic E-state index is 0.00225. The smallest absolute Gasteiger partial charge is 0.335 e. The number of carbonyl (C=O) groups excluding carboxylic acids is 2. The summed E-state index contributed by atoms with van der Waals surface area (Å²) in [7, 11) is 1.11. The van der Waals surface area contributed by atoms with Gasteiger partial charge in [0, 0.05) is 17.6 Å². The van der Waals surface area contributed by atoms with Crippen molar-refractivity contribution in [3.63, 3.8) is 0 Å². The number of esters is 2. The van der Waals surface area contributed by atoms with E-state index in [2.05, 4.69) is 4.74 Å². The fourth-order valence-corrected chi connectivity index (χ4v) is 3.99. The average Bonchev–Trinajstić information content (AvgIpc) is 2.93. The number of ether oxygens (including phenoxy) is 5. The molecule has 40 heavy (non-hydrogen) atoms. The first-order valence-corrected chi connectivity index (χ1v) is 12.0. The topological polar surface area (TPSA) is 219 Å². The van der Waals surface area contributed by atoms with Gasteiger partial charge in [0.2, 0.25) is 6.29 Å². The molecule has 2 aliphatic rings. The van der Waals surface area contributed by atoms with Crippen molar-refractivity contribution in [2.24, 2.45) is 5.92 Å². The lowest BCUT2D eigenvalue weighted by Gasteiger charge is -2.41. The summed E-state index contributed by atoms with van der Waals surface area (Å²) in [6, 6.07) is 6.00. The molecule has 0 unspecified atom stereocenters. The van der Waals surface area contributed by atoms with Crippen LogP contribution in [0, 0.1) is 5.92 Å². The first-order valence-electron chi connectivity index (χ1n) is 12.0. The van der Waals surface area contributed by atoms with E-state index < -0.39 is 80.5 Å². The second-order valence-corrected chi connectivity index (χ2v) is 8.77. The molecule has 218 valence electrons. The highest BCUT2D eigenvalue weighted by Crippen LogP contribution is 2.36. The molecule has 14 heteroatoms. The molecule has 2 heterocycles. The van der Waals surface area contributed by atoms with Crippen LogP contribution in [0.3, 0.4) is 0 Å². The number of aliphatic hydroxyl groups is 4. The number of hydrogen-bond donors (Lipinski definition) is 6. The highest BCUT2D eigenvalue weighted by molar-refractivity contribution is 5.89. The SMILES string of the molecule is COC(=O)C[C@@H]1C(C(=O)O)=CO[C@@H](O[C@@H]2O[C@H](CO)[C@@H](O)[C@H](O)[C@H]2O)/C1=C/COC(=O)/C=C/c1ccc(O)cc1. The van der Waals surface area contributed by atoms with Crippen molar-refractivity contribution >= 4 is 24.0 Å². The maximum Gasteiger partial charge on any atom is 0.335 e. The van der Waals surface area contributed by atoms with Crippen LogP contribution in [0.15, 0.2) is 53.8 Å². The molecule has 0 bridgehead atoms. The van der Waals surface area contributed by atoms with Crippen LogP contribution in [0.2, 0.25) is 0 Å². The Balaban J connectivity index is 1.83. The molecule has 7 atom stereocenters. The summed E-state index contributed by atoms with van der Waals surface area (Å²) in [5.74, 6) is -4.09. The Morgan fingerprint density at radius 2 is 1.75 bits per heavy atom. The van der Waals surface area contributed by atoms with Crippen molar-refractivity contribution in [2.45, 2.75) is 43.4 Å². The lowest BCUT2D eigenvalue weighted by atomic mass is 9.86. The molecule has 0 aliphatic carbocycles. The lowest BCUT2D eigenvalue weighted by Crippen LogP contribution is -2.60. The third kappa shape index (κ3) is 7.65. The lowest BCUT2D eigenvalue weighted by molar-refractivity contribution is -0.327. The summed E-state index contributed by atoms with van der Waals surface area (Å²) in [5.41, 5.74) is 0.262. The Morgan fingerprint density at radius 1 is 1.05 bits per heavy atom. The number of carbonyl (C=O) groups is 3. The molecule has 0 amide bonds. The van der Waals surface area contributed by atoms with E-state index in [-0.39, 0.29) is 16.9 Å². The Hall–Kier alpha value is -3.79. The first-order chi connectivity index (χ1) is 19.0. The standard InChI is InChI=1S/C26H30O14/c1-36-20(30)10-16-15(8-9-37-19(29)7-4-13-2-5-14(28)6-3-13)25(38-12-17(16)24(34)35)40-26-23(33)22(32)21(31)18(11-27)39-26/h2-8,12,16,18,21-23,25-28,31-33H,9-11H2,1H3,(H,34,35)/b7-4+,15-8+/t16-,18+,21+,22-,23+,25-,26-/m0/s1. The molecule has 1 aromatic rings. The highest BCUT2D eigenvalue weighted by Gasteiger charge is 2.46. The molecule has 6 N–H and O–H groups in total. The van der Waals surface area contributed by atoms with E-state index in [9.17, 15) is 45.0 Å². The van der Waals surface area contributed by atoms with Crippen molar-refractivity contribution in [1.29, 1.82) is 0 Å². The molecule has 0 saturated carbocycles. The molecule has 2 aliphatic heterocycles. The van der Waals surface area contributed by atoms with Gasteiger partial charge in [-0.25, -0.2) is 9.59 Å². The number of aromatic hydroxyl groups is 1. The van der Waals surface area contributed by atoms with Crippen molar-refractivity contribution in [2.75, 3.05) is 20.3 Å². The van der Waals surface area contributed by atoms with E-state index >= 15 is 0 Å². The predicted molar refractivity (Wildman–Crippen MR) is 132 cm³/mol. The van der Waals surface area contributed by atoms with Crippen molar-refractivity contribution in [3.8, 4) is 5.75 Å². The van der Waals surface area contributed by atoms with Gasteiger partial charge in [-0.1, -0.05) is 12.1 Å². The number of phenols is 1. The van der Waals surface area contributed by atoms with Gasteiger partial charge < -0.3 is 54.3 Å². The van der Waals surface area contributed by atoms with Gasteiger partial charge in [-0.2, -0.15) is 0 Å². The molecular formula is C26H30O14. The van der Waals surface area contributed by atoms with Gasteiger partial charge >= 0.3 is 17.9 Å². The molecule has 14 nitrogen and oxygen atoms in total. The normalized spacial score (nSPS) is 29.5. The fraction of sp³-hybridized carbons (Fsp3) is 0.423. The van der Waals surface area contributed by atoms with Crippen LogP contribution in [-0.4, -0.2) is 106 Å². The summed E-state index contributed by atoms with van der Waals surface area (Å²) < 4.78 is 26.2. The van der Waals surface area contributed by atoms with E-state index in [0.29, 0.717) is 5.56 Å². The third-order valence-electron chi connectivity index (χ3n) is 6.17. The van der Waals surface area contributed by atoms with Crippen molar-refractivity contribution in [3.05, 3.63) is 59.4 Å². The van der Waals surface area contributed by atoms with E-state index in [4.69, 9.17) is 18.9 Å². The molecule has 1 saturated heterocycles. The van der Waals surface area contributed by atoms with Gasteiger partial charge in [-0.3, -0.25) is 4.79 Å². The van der Waals surface area contributed by atoms with E-state index in [1.54, 1.807) is 12.1 Å². The second kappa shape index (κ2) is 14.0. The van der Waals surface area contributed by atoms with Crippen LogP contribution >= 0.6 is 0 Å². The van der Waals surface area contributed by atoms with Gasteiger partial charge in [0.25, 0.3) is 0 Å². The van der Waals surface area contributed by atoms with Gasteiger partial charge in [0.1, 0.15) is 36.8 Å². The molecule has 0 aromatic heterocycles. The van der Waals surface area contributed by atoms with Crippen LogP contribution in [0.1, 0.15) is 12.0 Å². The van der Waals surface area contributed by atoms with Crippen LogP contribution in [-0.2, 0) is 38.1 Å². The van der Waals surface area contributed by atoms with Crippen molar-refractivity contribution < 1.29 is 68.7 Å². The van der Waals surface area contributed by atoms with E-state index in [1.165, 1.54) is 24.3 Å². The number of phenolic OH excluding ortho intramolecular Hbond substituents is 1. The zero-order valence-corrected chi connectivity index (χ0v) is 21.2. The quantitative estimate of drug-likeness (QED) is 0.116. The van der Waals surface area contributed by atoms with Crippen LogP contribution in [0.4, 0.5) is 0 Å². The fourth-order valence-electron chi connectivity index (χ4n) is 3.99. The number of aliphatic hydroxyl groups excluding tert-OH is 4. The summed E-state index contributed by atoms with van der Waals surface area (Å²) in [6.45, 7) is -1.14. The molecule has 1 fully saturated rings. The van der Waals surface area contributed by atoms with Gasteiger partial charge in [-0.15, -0.1) is 0 Å². The predicted octanol–water partition coefficient (Wildman–Crippen LogP) is -0.804. The maximum atomic E-state index is 12.2. The minimum atomic E-state index is -1.80. The number of carboxylic acid groups (broad SMARTS) is 1. The maximum absolute atomic E-state index is 12.2. The number of aliphatic carboxylic acids is 1. The van der Waals surface area contributed by atoms with Crippen molar-refractivity contribution in [1.82, 2.24) is 0 Å². The second-order valence-electron chi connectivity index (χ2n) is 8.77. The van der Waals surface area contributed by atoms with E-state index in [0.717, 1.165) is 19.4 Å². The Bertz CT molecular complexity index is 1140. The minimum Gasteiger partial charge on any atom is -0.508 e. The van der Waals surface area contributed by atoms with Crippen LogP contribution in [0.25, 0.3) is 6.08 Å².